The van der Waals surface area contributed by atoms with Gasteiger partial charge in [0.05, 0.1) is 47.8 Å². The molecule has 0 aliphatic heterocycles. The molecule has 1 aromatic carbocycles. The van der Waals surface area contributed by atoms with Gasteiger partial charge in [0.25, 0.3) is 0 Å². The van der Waals surface area contributed by atoms with E-state index in [0.29, 0.717) is 0 Å². The van der Waals surface area contributed by atoms with Gasteiger partial charge in [-0.1, -0.05) is 121 Å². The molecule has 1 aromatic rings. The largest absolute Gasteiger partial charge is 0.331 e. The lowest BCUT2D eigenvalue weighted by Crippen LogP contribution is -2.50. The third-order valence-electron chi connectivity index (χ3n) is 8.59. The number of hydrogen-bond donors (Lipinski definition) is 0. The summed E-state index contributed by atoms with van der Waals surface area (Å²) in [6, 6.07) is 12.0. The number of nitrogens with zero attached hydrogens (tertiary/aromatic N) is 2. The van der Waals surface area contributed by atoms with Gasteiger partial charge in [0.15, 0.2) is 0 Å². The number of hydrogen-bond acceptors (Lipinski definition) is 0. The van der Waals surface area contributed by atoms with Crippen LogP contribution in [0.15, 0.2) is 30.3 Å². The van der Waals surface area contributed by atoms with Crippen LogP contribution < -0.4 is 4.48 Å². The third kappa shape index (κ3) is 18.1. The molecule has 1 atom stereocenters. The van der Waals surface area contributed by atoms with E-state index in [9.17, 15) is 0 Å². The van der Waals surface area contributed by atoms with Crippen molar-refractivity contribution in [3.63, 3.8) is 0 Å². The lowest BCUT2D eigenvalue weighted by Gasteiger charge is -2.38. The highest BCUT2D eigenvalue weighted by atomic mass is 15.3. The molecule has 0 saturated heterocycles. The normalized spacial score (nSPS) is 13.2. The van der Waals surface area contributed by atoms with Crippen LogP contribution in [0.2, 0.25) is 0 Å². The van der Waals surface area contributed by atoms with Gasteiger partial charge in [-0.15, -0.1) is 0 Å². The van der Waals surface area contributed by atoms with Crippen molar-refractivity contribution in [2.45, 2.75) is 148 Å². The zero-order valence-corrected chi connectivity index (χ0v) is 26.4. The molecular weight excluding hydrogens is 448 g/mol. The molecule has 0 heterocycles. The van der Waals surface area contributed by atoms with Gasteiger partial charge in [0.2, 0.25) is 0 Å². The van der Waals surface area contributed by atoms with Crippen molar-refractivity contribution >= 4 is 5.69 Å². The summed E-state index contributed by atoms with van der Waals surface area (Å²) in [5.74, 6) is 0. The lowest BCUT2D eigenvalue weighted by atomic mass is 9.97. The molecule has 1 rings (SSSR count). The number of rotatable bonds is 25. The molecule has 216 valence electrons. The van der Waals surface area contributed by atoms with Crippen LogP contribution in [0.5, 0.6) is 0 Å². The molecule has 0 N–H and O–H groups in total. The Labute approximate surface area is 234 Å². The Balaban J connectivity index is 2.19. The number of quaternary nitrogens is 2. The van der Waals surface area contributed by atoms with Crippen LogP contribution >= 0.6 is 0 Å². The summed E-state index contributed by atoms with van der Waals surface area (Å²) in [5, 5.41) is 0. The summed E-state index contributed by atoms with van der Waals surface area (Å²) in [6.45, 7) is 3.60. The molecule has 0 fully saturated rings. The maximum Gasteiger partial charge on any atom is 0.132 e. The van der Waals surface area contributed by atoms with Crippen LogP contribution in [0.1, 0.15) is 142 Å². The Kier molecular flexibility index (Phi) is 19.4. The average molecular weight is 517 g/mol. The summed E-state index contributed by atoms with van der Waals surface area (Å²) in [5.41, 5.74) is 1.47. The van der Waals surface area contributed by atoms with Crippen LogP contribution in [-0.4, -0.2) is 52.3 Å². The third-order valence-corrected chi connectivity index (χ3v) is 8.59. The maximum absolute atomic E-state index is 2.44. The van der Waals surface area contributed by atoms with Crippen molar-refractivity contribution < 1.29 is 4.48 Å². The van der Waals surface area contributed by atoms with Gasteiger partial charge in [-0.3, -0.25) is 4.48 Å². The Morgan fingerprint density at radius 2 is 0.865 bits per heavy atom. The van der Waals surface area contributed by atoms with Gasteiger partial charge in [0, 0.05) is 0 Å². The van der Waals surface area contributed by atoms with E-state index in [-0.39, 0.29) is 0 Å². The van der Waals surface area contributed by atoms with Crippen molar-refractivity contribution in [3.05, 3.63) is 30.3 Å². The summed E-state index contributed by atoms with van der Waals surface area (Å²) < 4.78 is 2.13. The minimum Gasteiger partial charge on any atom is -0.331 e. The topological polar surface area (TPSA) is 0 Å². The first-order chi connectivity index (χ1) is 17.8. The highest BCUT2D eigenvalue weighted by Crippen LogP contribution is 2.28. The Hall–Kier alpha value is -0.860. The van der Waals surface area contributed by atoms with E-state index in [2.05, 4.69) is 72.5 Å². The fourth-order valence-corrected chi connectivity index (χ4v) is 5.88. The van der Waals surface area contributed by atoms with Gasteiger partial charge >= 0.3 is 0 Å². The molecular formula is C35H68N2+2. The second-order valence-corrected chi connectivity index (χ2v) is 13.5. The van der Waals surface area contributed by atoms with E-state index in [1.165, 1.54) is 147 Å². The smallest absolute Gasteiger partial charge is 0.132 e. The molecule has 2 nitrogen and oxygen atoms in total. The Morgan fingerprint density at radius 3 is 1.27 bits per heavy atom. The minimum atomic E-state index is 0.734. The lowest BCUT2D eigenvalue weighted by molar-refractivity contribution is -0.870. The van der Waals surface area contributed by atoms with Crippen molar-refractivity contribution in [2.75, 3.05) is 41.8 Å². The SMILES string of the molecule is CCCCCCCCCCCCCCCCCCC(CCCCC[N+](C)(C)C)[N+](C)(C)c1ccccc1. The quantitative estimate of drug-likeness (QED) is 0.0895. The van der Waals surface area contributed by atoms with Crippen molar-refractivity contribution in [3.8, 4) is 0 Å². The fourth-order valence-electron chi connectivity index (χ4n) is 5.88. The van der Waals surface area contributed by atoms with Gasteiger partial charge < -0.3 is 4.48 Å². The molecule has 1 unspecified atom stereocenters. The van der Waals surface area contributed by atoms with Crippen LogP contribution in [0.4, 0.5) is 5.69 Å². The standard InChI is InChI=1S/C35H68N2/c1-7-8-9-10-11-12-13-14-15-16-17-18-19-20-21-24-29-34(32-27-23-28-33-36(2,3)4)37(5,6)35-30-25-22-26-31-35/h22,25-26,30-31,34H,7-21,23-24,27-29,32-33H2,1-6H3/q+2. The molecule has 0 aliphatic rings. The summed E-state index contributed by atoms with van der Waals surface area (Å²) >= 11 is 0. The second kappa shape index (κ2) is 21.0. The van der Waals surface area contributed by atoms with E-state index in [1.807, 2.05) is 0 Å². The molecule has 0 amide bonds. The predicted molar refractivity (Wildman–Crippen MR) is 169 cm³/mol. The van der Waals surface area contributed by atoms with Crippen molar-refractivity contribution in [1.82, 2.24) is 4.48 Å². The molecule has 2 heteroatoms. The van der Waals surface area contributed by atoms with Gasteiger partial charge in [0.1, 0.15) is 5.69 Å². The fraction of sp³-hybridized carbons (Fsp3) is 0.829. The van der Waals surface area contributed by atoms with E-state index in [0.717, 1.165) is 15.0 Å². The number of para-hydroxylation sites is 1. The predicted octanol–water partition coefficient (Wildman–Crippen LogP) is 10.5. The van der Waals surface area contributed by atoms with Gasteiger partial charge in [-0.05, 0) is 50.7 Å². The van der Waals surface area contributed by atoms with Crippen LogP contribution in [0.25, 0.3) is 0 Å². The molecule has 0 aromatic heterocycles. The van der Waals surface area contributed by atoms with Gasteiger partial charge in [-0.25, -0.2) is 0 Å². The molecule has 0 saturated carbocycles. The number of unbranched alkanes of at least 4 members (excludes halogenated alkanes) is 17. The number of benzene rings is 1. The summed E-state index contributed by atoms with van der Waals surface area (Å²) in [7, 11) is 11.8. The highest BCUT2D eigenvalue weighted by molar-refractivity contribution is 5.42. The molecule has 0 spiro atoms. The van der Waals surface area contributed by atoms with Crippen LogP contribution in [0.3, 0.4) is 0 Å². The van der Waals surface area contributed by atoms with Gasteiger partial charge in [-0.2, -0.15) is 0 Å². The van der Waals surface area contributed by atoms with Crippen molar-refractivity contribution in [1.29, 1.82) is 0 Å². The van der Waals surface area contributed by atoms with Crippen molar-refractivity contribution in [2.24, 2.45) is 0 Å². The molecule has 0 aliphatic carbocycles. The minimum absolute atomic E-state index is 0.734. The first-order valence-corrected chi connectivity index (χ1v) is 16.5. The maximum atomic E-state index is 2.44. The van der Waals surface area contributed by atoms with E-state index < -0.39 is 0 Å². The zero-order valence-electron chi connectivity index (χ0n) is 26.4. The first kappa shape index (κ1) is 34.2. The Bertz CT molecular complexity index is 616. The molecule has 0 bridgehead atoms. The van der Waals surface area contributed by atoms with Crippen LogP contribution in [0, 0.1) is 0 Å². The summed E-state index contributed by atoms with van der Waals surface area (Å²) in [6.07, 6.45) is 30.0. The Morgan fingerprint density at radius 1 is 0.486 bits per heavy atom. The first-order valence-electron chi connectivity index (χ1n) is 16.5. The highest BCUT2D eigenvalue weighted by Gasteiger charge is 2.29. The second-order valence-electron chi connectivity index (χ2n) is 13.5. The van der Waals surface area contributed by atoms with E-state index in [1.54, 1.807) is 0 Å². The van der Waals surface area contributed by atoms with E-state index >= 15 is 0 Å². The summed E-state index contributed by atoms with van der Waals surface area (Å²) in [4.78, 5) is 0. The van der Waals surface area contributed by atoms with Crippen LogP contribution in [-0.2, 0) is 0 Å². The monoisotopic (exact) mass is 517 g/mol. The molecule has 0 radical (unpaired) electrons. The zero-order chi connectivity index (χ0) is 27.2. The average Bonchev–Trinajstić information content (AvgIpc) is 2.86. The molecule has 37 heavy (non-hydrogen) atoms. The van der Waals surface area contributed by atoms with E-state index in [4.69, 9.17) is 0 Å².